The van der Waals surface area contributed by atoms with Crippen LogP contribution < -0.4 is 20.5 Å². The van der Waals surface area contributed by atoms with Crippen molar-refractivity contribution in [3.8, 4) is 11.5 Å². The molecular weight excluding hydrogens is 248 g/mol. The lowest BCUT2D eigenvalue weighted by molar-refractivity contribution is -0.123. The highest BCUT2D eigenvalue weighted by molar-refractivity contribution is 5.81. The Hall–Kier alpha value is -1.79. The summed E-state index contributed by atoms with van der Waals surface area (Å²) in [5, 5.41) is 2.73. The fourth-order valence-electron chi connectivity index (χ4n) is 1.59. The second-order valence-electron chi connectivity index (χ2n) is 3.96. The van der Waals surface area contributed by atoms with Gasteiger partial charge in [0.15, 0.2) is 0 Å². The molecule has 0 saturated carbocycles. The molecule has 0 aromatic heterocycles. The van der Waals surface area contributed by atoms with Gasteiger partial charge in [0, 0.05) is 19.2 Å². The van der Waals surface area contributed by atoms with E-state index in [1.807, 2.05) is 0 Å². The summed E-state index contributed by atoms with van der Waals surface area (Å²) in [7, 11) is 4.65. The summed E-state index contributed by atoms with van der Waals surface area (Å²) >= 11 is 0. The molecule has 0 heterocycles. The molecule has 1 aromatic rings. The maximum Gasteiger partial charge on any atom is 0.239 e. The number of rotatable bonds is 7. The third-order valence-electron chi connectivity index (χ3n) is 2.62. The van der Waals surface area contributed by atoms with Gasteiger partial charge in [0.05, 0.1) is 20.8 Å². The lowest BCUT2D eigenvalue weighted by Crippen LogP contribution is -2.43. The minimum absolute atomic E-state index is 0.182. The van der Waals surface area contributed by atoms with E-state index in [4.69, 9.17) is 19.9 Å². The Morgan fingerprint density at radius 1 is 1.32 bits per heavy atom. The number of methoxy groups -OCH3 is 3. The van der Waals surface area contributed by atoms with Gasteiger partial charge in [-0.05, 0) is 18.2 Å². The molecule has 0 bridgehead atoms. The van der Waals surface area contributed by atoms with E-state index in [1.165, 1.54) is 7.11 Å². The number of carbonyl (C=O) groups is 1. The first-order chi connectivity index (χ1) is 9.12. The Morgan fingerprint density at radius 2 is 2.05 bits per heavy atom. The van der Waals surface area contributed by atoms with E-state index in [0.717, 1.165) is 5.56 Å². The van der Waals surface area contributed by atoms with Gasteiger partial charge in [0.1, 0.15) is 17.5 Å². The molecule has 6 nitrogen and oxygen atoms in total. The summed E-state index contributed by atoms with van der Waals surface area (Å²) in [6.07, 6.45) is 0. The van der Waals surface area contributed by atoms with E-state index in [0.29, 0.717) is 18.0 Å². The average molecular weight is 268 g/mol. The van der Waals surface area contributed by atoms with Gasteiger partial charge >= 0.3 is 0 Å². The Bertz CT molecular complexity index is 423. The molecule has 0 fully saturated rings. The van der Waals surface area contributed by atoms with E-state index in [9.17, 15) is 4.79 Å². The van der Waals surface area contributed by atoms with Crippen molar-refractivity contribution < 1.29 is 19.0 Å². The van der Waals surface area contributed by atoms with Crippen LogP contribution in [0, 0.1) is 0 Å². The summed E-state index contributed by atoms with van der Waals surface area (Å²) in [4.78, 5) is 11.7. The van der Waals surface area contributed by atoms with Crippen LogP contribution in [0.3, 0.4) is 0 Å². The maximum absolute atomic E-state index is 11.7. The molecule has 19 heavy (non-hydrogen) atoms. The fourth-order valence-corrected chi connectivity index (χ4v) is 1.59. The van der Waals surface area contributed by atoms with Gasteiger partial charge < -0.3 is 25.3 Å². The van der Waals surface area contributed by atoms with Crippen molar-refractivity contribution in [2.75, 3.05) is 27.9 Å². The van der Waals surface area contributed by atoms with Crippen LogP contribution >= 0.6 is 0 Å². The van der Waals surface area contributed by atoms with Crippen LogP contribution in [0.1, 0.15) is 5.56 Å². The molecule has 0 spiro atoms. The molecule has 3 N–H and O–H groups in total. The first-order valence-corrected chi connectivity index (χ1v) is 5.85. The maximum atomic E-state index is 11.7. The number of carbonyl (C=O) groups excluding carboxylic acids is 1. The van der Waals surface area contributed by atoms with Crippen molar-refractivity contribution in [2.45, 2.75) is 12.6 Å². The monoisotopic (exact) mass is 268 g/mol. The van der Waals surface area contributed by atoms with E-state index >= 15 is 0 Å². The molecular formula is C13H20N2O4. The molecule has 1 atom stereocenters. The largest absolute Gasteiger partial charge is 0.497 e. The predicted molar refractivity (Wildman–Crippen MR) is 71.2 cm³/mol. The molecule has 0 aliphatic carbocycles. The van der Waals surface area contributed by atoms with Crippen LogP contribution in [0.25, 0.3) is 0 Å². The van der Waals surface area contributed by atoms with Crippen molar-refractivity contribution in [3.05, 3.63) is 23.8 Å². The van der Waals surface area contributed by atoms with Gasteiger partial charge in [-0.15, -0.1) is 0 Å². The minimum atomic E-state index is -0.679. The first-order valence-electron chi connectivity index (χ1n) is 5.85. The molecule has 0 aliphatic heterocycles. The number of nitrogens with one attached hydrogen (secondary N) is 1. The number of hydrogen-bond donors (Lipinski definition) is 2. The van der Waals surface area contributed by atoms with Crippen molar-refractivity contribution in [1.82, 2.24) is 5.32 Å². The van der Waals surface area contributed by atoms with Gasteiger partial charge in [0.25, 0.3) is 0 Å². The van der Waals surface area contributed by atoms with Crippen LogP contribution in [-0.4, -0.2) is 39.9 Å². The van der Waals surface area contributed by atoms with Gasteiger partial charge in [-0.25, -0.2) is 0 Å². The van der Waals surface area contributed by atoms with Crippen LogP contribution in [0.4, 0.5) is 0 Å². The lowest BCUT2D eigenvalue weighted by Gasteiger charge is -2.14. The third-order valence-corrected chi connectivity index (χ3v) is 2.62. The van der Waals surface area contributed by atoms with Crippen LogP contribution in [0.15, 0.2) is 18.2 Å². The third kappa shape index (κ3) is 4.42. The van der Waals surface area contributed by atoms with Crippen molar-refractivity contribution >= 4 is 5.91 Å². The number of nitrogens with two attached hydrogens (primary N) is 1. The summed E-state index contributed by atoms with van der Waals surface area (Å²) in [6, 6.07) is 4.71. The van der Waals surface area contributed by atoms with Crippen molar-refractivity contribution in [1.29, 1.82) is 0 Å². The number of benzene rings is 1. The lowest BCUT2D eigenvalue weighted by atomic mass is 10.2. The molecule has 1 rings (SSSR count). The molecule has 0 radical (unpaired) electrons. The topological polar surface area (TPSA) is 82.8 Å². The zero-order valence-electron chi connectivity index (χ0n) is 11.4. The SMILES string of the molecule is COCC(N)C(=O)NCc1cc(OC)ccc1OC. The van der Waals surface area contributed by atoms with Crippen LogP contribution in [0.2, 0.25) is 0 Å². The Morgan fingerprint density at radius 3 is 2.63 bits per heavy atom. The summed E-state index contributed by atoms with van der Waals surface area (Å²) in [5.74, 6) is 1.11. The molecule has 1 unspecified atom stereocenters. The predicted octanol–water partition coefficient (Wildman–Crippen LogP) is 0.294. The molecule has 6 heteroatoms. The zero-order chi connectivity index (χ0) is 14.3. The van der Waals surface area contributed by atoms with E-state index < -0.39 is 6.04 Å². The molecule has 0 aliphatic rings. The Balaban J connectivity index is 2.68. The minimum Gasteiger partial charge on any atom is -0.497 e. The summed E-state index contributed by atoms with van der Waals surface area (Å²) in [6.45, 7) is 0.498. The average Bonchev–Trinajstić information content (AvgIpc) is 2.44. The van der Waals surface area contributed by atoms with Crippen molar-refractivity contribution in [2.24, 2.45) is 5.73 Å². The van der Waals surface area contributed by atoms with E-state index in [-0.39, 0.29) is 12.5 Å². The first kappa shape index (κ1) is 15.3. The van der Waals surface area contributed by atoms with Gasteiger partial charge in [0.2, 0.25) is 5.91 Å². The van der Waals surface area contributed by atoms with Crippen LogP contribution in [0.5, 0.6) is 11.5 Å². The number of hydrogen-bond acceptors (Lipinski definition) is 5. The van der Waals surface area contributed by atoms with E-state index in [2.05, 4.69) is 5.32 Å². The van der Waals surface area contributed by atoms with Gasteiger partial charge in [-0.3, -0.25) is 4.79 Å². The van der Waals surface area contributed by atoms with Gasteiger partial charge in [-0.1, -0.05) is 0 Å². The second kappa shape index (κ2) is 7.60. The number of amides is 1. The number of ether oxygens (including phenoxy) is 3. The summed E-state index contributed by atoms with van der Waals surface area (Å²) < 4.78 is 15.2. The van der Waals surface area contributed by atoms with Crippen LogP contribution in [-0.2, 0) is 16.1 Å². The smallest absolute Gasteiger partial charge is 0.239 e. The molecule has 0 saturated heterocycles. The standard InChI is InChI=1S/C13H20N2O4/c1-17-8-11(14)13(16)15-7-9-6-10(18-2)4-5-12(9)19-3/h4-6,11H,7-8,14H2,1-3H3,(H,15,16). The van der Waals surface area contributed by atoms with Crippen molar-refractivity contribution in [3.63, 3.8) is 0 Å². The molecule has 1 aromatic carbocycles. The molecule has 1 amide bonds. The zero-order valence-corrected chi connectivity index (χ0v) is 11.4. The second-order valence-corrected chi connectivity index (χ2v) is 3.96. The summed E-state index contributed by atoms with van der Waals surface area (Å²) in [5.41, 5.74) is 6.44. The normalized spacial score (nSPS) is 11.8. The quantitative estimate of drug-likeness (QED) is 0.743. The Labute approximate surface area is 112 Å². The highest BCUT2D eigenvalue weighted by Crippen LogP contribution is 2.23. The van der Waals surface area contributed by atoms with Gasteiger partial charge in [-0.2, -0.15) is 0 Å². The Kier molecular flexibility index (Phi) is 6.11. The highest BCUT2D eigenvalue weighted by atomic mass is 16.5. The van der Waals surface area contributed by atoms with E-state index in [1.54, 1.807) is 32.4 Å². The fraction of sp³-hybridized carbons (Fsp3) is 0.462. The molecule has 106 valence electrons. The highest BCUT2D eigenvalue weighted by Gasteiger charge is 2.13.